The molecule has 3 rings (SSSR count). The van der Waals surface area contributed by atoms with Crippen molar-refractivity contribution in [2.45, 2.75) is 186 Å². The predicted octanol–water partition coefficient (Wildman–Crippen LogP) is 2.56. The number of aliphatic hydroxyl groups is 5. The van der Waals surface area contributed by atoms with Gasteiger partial charge in [-0.05, 0) is 87.4 Å². The molecule has 0 aromatic rings. The Morgan fingerprint density at radius 1 is 0.942 bits per heavy atom. The van der Waals surface area contributed by atoms with Crippen molar-refractivity contribution in [1.29, 1.82) is 0 Å². The number of aliphatic hydroxyl groups excluding tert-OH is 3. The molecule has 0 radical (unpaired) electrons. The summed E-state index contributed by atoms with van der Waals surface area (Å²) in [6.45, 7) is 18.7. The molecule has 0 bridgehead atoms. The van der Waals surface area contributed by atoms with Crippen molar-refractivity contribution >= 4 is 5.78 Å². The maximum Gasteiger partial charge on any atom is 0.185 e. The second-order valence-corrected chi connectivity index (χ2v) is 17.6. The fraction of sp³-hybridized carbons (Fsp3) is 0.974. The minimum Gasteiger partial charge on any atom is -0.388 e. The van der Waals surface area contributed by atoms with Gasteiger partial charge >= 0.3 is 0 Å². The Kier molecular flexibility index (Phi) is 15.8. The molecule has 13 heteroatoms. The van der Waals surface area contributed by atoms with Crippen LogP contribution in [0.5, 0.6) is 0 Å². The average Bonchev–Trinajstić information content (AvgIpc) is 3.05. The number of nitrogens with zero attached hydrogens (tertiary/aromatic N) is 2. The number of ketones is 1. The standard InChI is InChI=1S/C39H74N2O11/c1-15-27-17-29(42)23(4)32(51-30-19-38(9,48-14)34(45)26(7)50-30)24(5)35(52-36-31(43)28(40(11)12)16-22(3)49-36)37(8,46)18-21(2)20-41(13)25(6)33(44)39(27,10)47/h21-28,30-36,43-47H,15-20H2,1-14H3/t21-,22-,23+,24+,25-,26+,27+,28+,30+,31-,32-,33-,34+,35-,36+,37-,38-,39-/m1/s1. The number of Topliss-reactive ketones (excluding diaryl/α,β-unsaturated/α-hetero) is 1. The van der Waals surface area contributed by atoms with Gasteiger partial charge in [-0.2, -0.15) is 0 Å². The predicted molar refractivity (Wildman–Crippen MR) is 197 cm³/mol. The maximum absolute atomic E-state index is 14.4. The van der Waals surface area contributed by atoms with E-state index in [1.807, 2.05) is 65.6 Å². The summed E-state index contributed by atoms with van der Waals surface area (Å²) in [6.07, 6.45) is -6.35. The Bertz CT molecular complexity index is 1140. The summed E-state index contributed by atoms with van der Waals surface area (Å²) >= 11 is 0. The number of hydrogen-bond donors (Lipinski definition) is 5. The third kappa shape index (κ3) is 10.1. The lowest BCUT2D eigenvalue weighted by Crippen LogP contribution is -2.60. The molecule has 0 amide bonds. The lowest BCUT2D eigenvalue weighted by Gasteiger charge is -2.49. The van der Waals surface area contributed by atoms with E-state index in [4.69, 9.17) is 23.7 Å². The molecule has 13 nitrogen and oxygen atoms in total. The quantitative estimate of drug-likeness (QED) is 0.258. The largest absolute Gasteiger partial charge is 0.388 e. The molecule has 0 spiro atoms. The molecule has 0 aliphatic carbocycles. The van der Waals surface area contributed by atoms with E-state index in [0.29, 0.717) is 19.4 Å². The Labute approximate surface area is 313 Å². The first kappa shape index (κ1) is 45.6. The molecule has 3 aliphatic heterocycles. The second-order valence-electron chi connectivity index (χ2n) is 17.6. The summed E-state index contributed by atoms with van der Waals surface area (Å²) in [5, 5.41) is 58.4. The number of carbonyl (C=O) groups excluding carboxylic acids is 1. The van der Waals surface area contributed by atoms with Crippen LogP contribution in [0.25, 0.3) is 0 Å². The molecular formula is C39H74N2O11. The van der Waals surface area contributed by atoms with Gasteiger partial charge in [0, 0.05) is 50.4 Å². The number of hydrogen-bond acceptors (Lipinski definition) is 13. The Hall–Kier alpha value is -0.810. The molecule has 306 valence electrons. The lowest BCUT2D eigenvalue weighted by molar-refractivity contribution is -0.317. The maximum atomic E-state index is 14.4. The fourth-order valence-corrected chi connectivity index (χ4v) is 9.17. The molecular weight excluding hydrogens is 672 g/mol. The number of rotatable bonds is 7. The van der Waals surface area contributed by atoms with E-state index in [2.05, 4.69) is 0 Å². The van der Waals surface area contributed by atoms with E-state index < -0.39 is 89.8 Å². The van der Waals surface area contributed by atoms with Crippen LogP contribution in [0.1, 0.15) is 101 Å². The molecule has 3 saturated heterocycles. The van der Waals surface area contributed by atoms with Gasteiger partial charge in [-0.15, -0.1) is 0 Å². The number of carbonyl (C=O) groups is 1. The van der Waals surface area contributed by atoms with E-state index >= 15 is 0 Å². The van der Waals surface area contributed by atoms with Crippen LogP contribution in [-0.4, -0.2) is 160 Å². The zero-order chi connectivity index (χ0) is 39.7. The lowest BCUT2D eigenvalue weighted by atomic mass is 9.74. The van der Waals surface area contributed by atoms with E-state index in [1.165, 1.54) is 7.11 Å². The first-order valence-corrected chi connectivity index (χ1v) is 19.5. The van der Waals surface area contributed by atoms with E-state index in [1.54, 1.807) is 34.6 Å². The summed E-state index contributed by atoms with van der Waals surface area (Å²) in [4.78, 5) is 18.3. The summed E-state index contributed by atoms with van der Waals surface area (Å²) in [5.41, 5.74) is -4.08. The van der Waals surface area contributed by atoms with Crippen LogP contribution in [0.4, 0.5) is 0 Å². The Morgan fingerprint density at radius 2 is 1.56 bits per heavy atom. The highest BCUT2D eigenvalue weighted by atomic mass is 16.7. The van der Waals surface area contributed by atoms with Crippen LogP contribution in [0.3, 0.4) is 0 Å². The van der Waals surface area contributed by atoms with Crippen LogP contribution < -0.4 is 0 Å². The molecule has 5 N–H and O–H groups in total. The minimum atomic E-state index is -1.58. The fourth-order valence-electron chi connectivity index (χ4n) is 9.17. The molecule has 0 aromatic carbocycles. The molecule has 52 heavy (non-hydrogen) atoms. The van der Waals surface area contributed by atoms with Gasteiger partial charge in [0.1, 0.15) is 18.0 Å². The van der Waals surface area contributed by atoms with Crippen molar-refractivity contribution in [1.82, 2.24) is 9.80 Å². The smallest absolute Gasteiger partial charge is 0.185 e. The highest BCUT2D eigenvalue weighted by Gasteiger charge is 2.52. The first-order chi connectivity index (χ1) is 23.9. The zero-order valence-corrected chi connectivity index (χ0v) is 34.5. The van der Waals surface area contributed by atoms with Crippen LogP contribution in [0.15, 0.2) is 0 Å². The SMILES string of the molecule is CC[C@H]1CC(=O)[C@H](C)[C@@H](O[C@H]2C[C@@](C)(OC)[C@@H](O)[C@H](C)O2)[C@H](C)[C@@H](O[C@@H]2O[C@H](C)C[C@H](N(C)C)[C@H]2O)[C@](C)(O)C[C@@H](C)CN(C)[C@H](C)[C@@H](O)[C@]1(C)O. The highest BCUT2D eigenvalue weighted by Crippen LogP contribution is 2.41. The Balaban J connectivity index is 2.17. The molecule has 18 atom stereocenters. The normalized spacial score (nSPS) is 49.8. The van der Waals surface area contributed by atoms with Crippen LogP contribution in [0, 0.1) is 23.7 Å². The molecule has 0 aromatic heterocycles. The topological polar surface area (TPSA) is 171 Å². The highest BCUT2D eigenvalue weighted by molar-refractivity contribution is 5.81. The van der Waals surface area contributed by atoms with Gasteiger partial charge in [0.15, 0.2) is 12.6 Å². The molecule has 3 aliphatic rings. The van der Waals surface area contributed by atoms with Gasteiger partial charge in [-0.25, -0.2) is 0 Å². The van der Waals surface area contributed by atoms with Gasteiger partial charge in [-0.1, -0.05) is 34.1 Å². The number of ether oxygens (including phenoxy) is 5. The monoisotopic (exact) mass is 747 g/mol. The third-order valence-electron chi connectivity index (χ3n) is 12.8. The van der Waals surface area contributed by atoms with E-state index in [0.717, 1.165) is 0 Å². The number of likely N-dealkylation sites (N-methyl/N-ethyl adjacent to an activating group) is 2. The summed E-state index contributed by atoms with van der Waals surface area (Å²) in [6, 6.07) is -0.708. The molecule has 3 fully saturated rings. The van der Waals surface area contributed by atoms with Crippen molar-refractivity contribution in [3.05, 3.63) is 0 Å². The van der Waals surface area contributed by atoms with Gasteiger partial charge < -0.3 is 59.0 Å². The van der Waals surface area contributed by atoms with E-state index in [-0.39, 0.29) is 43.1 Å². The zero-order valence-electron chi connectivity index (χ0n) is 34.5. The first-order valence-electron chi connectivity index (χ1n) is 19.5. The molecule has 3 heterocycles. The van der Waals surface area contributed by atoms with Crippen molar-refractivity contribution < 1.29 is 54.0 Å². The average molecular weight is 747 g/mol. The van der Waals surface area contributed by atoms with Crippen LogP contribution in [-0.2, 0) is 28.5 Å². The van der Waals surface area contributed by atoms with Gasteiger partial charge in [0.05, 0.1) is 47.3 Å². The third-order valence-corrected chi connectivity index (χ3v) is 12.8. The van der Waals surface area contributed by atoms with Crippen molar-refractivity contribution in [2.75, 3.05) is 34.8 Å². The second kappa shape index (κ2) is 18.0. The van der Waals surface area contributed by atoms with Gasteiger partial charge in [0.25, 0.3) is 0 Å². The number of methoxy groups -OCH3 is 1. The minimum absolute atomic E-state index is 0.0219. The van der Waals surface area contributed by atoms with Gasteiger partial charge in [0.2, 0.25) is 0 Å². The summed E-state index contributed by atoms with van der Waals surface area (Å²) in [5.74, 6) is -2.31. The van der Waals surface area contributed by atoms with Crippen molar-refractivity contribution in [3.63, 3.8) is 0 Å². The molecule has 0 saturated carbocycles. The van der Waals surface area contributed by atoms with Crippen molar-refractivity contribution in [3.8, 4) is 0 Å². The summed E-state index contributed by atoms with van der Waals surface area (Å²) < 4.78 is 31.7. The summed E-state index contributed by atoms with van der Waals surface area (Å²) in [7, 11) is 7.21. The molecule has 0 unspecified atom stereocenters. The van der Waals surface area contributed by atoms with Crippen LogP contribution >= 0.6 is 0 Å². The Morgan fingerprint density at radius 3 is 2.12 bits per heavy atom. The van der Waals surface area contributed by atoms with Gasteiger partial charge in [-0.3, -0.25) is 4.79 Å². The van der Waals surface area contributed by atoms with Crippen LogP contribution in [0.2, 0.25) is 0 Å². The van der Waals surface area contributed by atoms with E-state index in [9.17, 15) is 30.3 Å². The van der Waals surface area contributed by atoms with Crippen molar-refractivity contribution in [2.24, 2.45) is 23.7 Å².